The predicted molar refractivity (Wildman–Crippen MR) is 69.5 cm³/mol. The van der Waals surface area contributed by atoms with Crippen molar-refractivity contribution in [3.8, 4) is 0 Å². The van der Waals surface area contributed by atoms with Crippen LogP contribution in [-0.2, 0) is 21.3 Å². The monoisotopic (exact) mass is 254 g/mol. The third-order valence-corrected chi connectivity index (χ3v) is 4.76. The summed E-state index contributed by atoms with van der Waals surface area (Å²) in [7, 11) is -1.43. The summed E-state index contributed by atoms with van der Waals surface area (Å²) >= 11 is 0. The van der Waals surface area contributed by atoms with Gasteiger partial charge in [0.05, 0.1) is 0 Å². The largest absolute Gasteiger partial charge is 0.480 e. The highest BCUT2D eigenvalue weighted by Gasteiger charge is 2.34. The highest BCUT2D eigenvalue weighted by molar-refractivity contribution is 7.86. The van der Waals surface area contributed by atoms with E-state index in [9.17, 15) is 9.00 Å². The lowest BCUT2D eigenvalue weighted by atomic mass is 10.1. The molecule has 0 saturated carbocycles. The number of hydrogen-bond acceptors (Lipinski definition) is 2. The molecule has 4 heteroatoms. The van der Waals surface area contributed by atoms with Crippen molar-refractivity contribution in [3.63, 3.8) is 0 Å². The molecule has 0 spiro atoms. The first-order chi connectivity index (χ1) is 7.75. The molecule has 0 bridgehead atoms. The Kier molecular flexibility index (Phi) is 4.09. The van der Waals surface area contributed by atoms with Crippen LogP contribution in [0.2, 0.25) is 0 Å². The van der Waals surface area contributed by atoms with Gasteiger partial charge in [-0.15, -0.1) is 0 Å². The molecule has 1 rings (SSSR count). The number of carbonyl (C=O) groups is 1. The molecule has 1 N–H and O–H groups in total. The van der Waals surface area contributed by atoms with Crippen LogP contribution in [0.3, 0.4) is 0 Å². The highest BCUT2D eigenvalue weighted by Crippen LogP contribution is 2.20. The van der Waals surface area contributed by atoms with E-state index < -0.39 is 21.5 Å². The number of carboxylic acids is 1. The van der Waals surface area contributed by atoms with Gasteiger partial charge in [-0.25, -0.2) is 0 Å². The van der Waals surface area contributed by atoms with E-state index in [-0.39, 0.29) is 5.75 Å². The molecule has 0 saturated heterocycles. The molecule has 0 heterocycles. The van der Waals surface area contributed by atoms with Gasteiger partial charge in [0, 0.05) is 16.6 Å². The lowest BCUT2D eigenvalue weighted by molar-refractivity contribution is -0.139. The Balaban J connectivity index is 2.96. The third-order valence-electron chi connectivity index (χ3n) is 2.88. The van der Waals surface area contributed by atoms with Crippen LogP contribution < -0.4 is 0 Å². The Bertz CT molecular complexity index is 464. The van der Waals surface area contributed by atoms with Gasteiger partial charge in [-0.2, -0.15) is 0 Å². The Hall–Kier alpha value is -1.16. The minimum absolute atomic E-state index is 0.285. The topological polar surface area (TPSA) is 54.4 Å². The Morgan fingerprint density at radius 2 is 1.94 bits per heavy atom. The molecular formula is C13H18O3S. The normalized spacial score (nSPS) is 13.4. The van der Waals surface area contributed by atoms with E-state index in [2.05, 4.69) is 0 Å². The van der Waals surface area contributed by atoms with E-state index in [1.54, 1.807) is 0 Å². The van der Waals surface area contributed by atoms with Crippen molar-refractivity contribution in [2.24, 2.45) is 0 Å². The minimum Gasteiger partial charge on any atom is -0.480 e. The molecule has 0 aliphatic carbocycles. The van der Waals surface area contributed by atoms with Gasteiger partial charge < -0.3 is 5.11 Å². The fourth-order valence-electron chi connectivity index (χ4n) is 1.37. The predicted octanol–water partition coefficient (Wildman–Crippen LogP) is 2.42. The van der Waals surface area contributed by atoms with Crippen LogP contribution in [0.4, 0.5) is 0 Å². The van der Waals surface area contributed by atoms with Gasteiger partial charge in [-0.05, 0) is 38.8 Å². The first-order valence-corrected chi connectivity index (χ1v) is 6.75. The molecular weight excluding hydrogens is 236 g/mol. The summed E-state index contributed by atoms with van der Waals surface area (Å²) in [6.45, 7) is 6.90. The first kappa shape index (κ1) is 13.9. The number of aryl methyl sites for hydroxylation is 2. The maximum absolute atomic E-state index is 12.1. The van der Waals surface area contributed by atoms with Crippen molar-refractivity contribution < 1.29 is 14.1 Å². The van der Waals surface area contributed by atoms with Gasteiger partial charge >= 0.3 is 5.97 Å². The van der Waals surface area contributed by atoms with Crippen LogP contribution in [-0.4, -0.2) is 20.0 Å². The van der Waals surface area contributed by atoms with Gasteiger partial charge in [0.15, 0.2) is 0 Å². The quantitative estimate of drug-likeness (QED) is 0.897. The fourth-order valence-corrected chi connectivity index (χ4v) is 2.52. The molecule has 0 aromatic heterocycles. The second kappa shape index (κ2) is 5.00. The molecule has 0 amide bonds. The SMILES string of the molecule is Cc1ccc(C)c(CS(=O)C(C)(C)C(=O)O)c1. The van der Waals surface area contributed by atoms with Crippen LogP contribution in [0.25, 0.3) is 0 Å². The van der Waals surface area contributed by atoms with Crippen molar-refractivity contribution >= 4 is 16.8 Å². The molecule has 0 aliphatic heterocycles. The van der Waals surface area contributed by atoms with Crippen LogP contribution in [0.5, 0.6) is 0 Å². The number of aliphatic carboxylic acids is 1. The molecule has 1 atom stereocenters. The number of rotatable bonds is 4. The lowest BCUT2D eigenvalue weighted by Gasteiger charge is -2.19. The summed E-state index contributed by atoms with van der Waals surface area (Å²) in [5, 5.41) is 9.02. The summed E-state index contributed by atoms with van der Waals surface area (Å²) in [5.74, 6) is -0.742. The van der Waals surface area contributed by atoms with Gasteiger partial charge in [0.1, 0.15) is 4.75 Å². The van der Waals surface area contributed by atoms with Crippen LogP contribution in [0, 0.1) is 13.8 Å². The van der Waals surface area contributed by atoms with E-state index in [0.29, 0.717) is 0 Å². The summed E-state index contributed by atoms with van der Waals surface area (Å²) in [5.41, 5.74) is 3.10. The molecule has 1 aromatic carbocycles. The fraction of sp³-hybridized carbons (Fsp3) is 0.462. The average Bonchev–Trinajstić information content (AvgIpc) is 2.23. The molecule has 3 nitrogen and oxygen atoms in total. The molecule has 0 aliphatic rings. The van der Waals surface area contributed by atoms with Crippen LogP contribution in [0.1, 0.15) is 30.5 Å². The van der Waals surface area contributed by atoms with Gasteiger partial charge in [-0.1, -0.05) is 23.8 Å². The standard InChI is InChI=1S/C13H18O3S/c1-9-5-6-10(2)11(7-9)8-17(16)13(3,4)12(14)15/h5-7H,8H2,1-4H3,(H,14,15). The van der Waals surface area contributed by atoms with Gasteiger partial charge in [-0.3, -0.25) is 9.00 Å². The summed E-state index contributed by atoms with van der Waals surface area (Å²) in [6.07, 6.45) is 0. The zero-order valence-corrected chi connectivity index (χ0v) is 11.4. The smallest absolute Gasteiger partial charge is 0.321 e. The lowest BCUT2D eigenvalue weighted by Crippen LogP contribution is -2.37. The second-order valence-electron chi connectivity index (χ2n) is 4.74. The Morgan fingerprint density at radius 1 is 1.35 bits per heavy atom. The van der Waals surface area contributed by atoms with Crippen molar-refractivity contribution in [1.29, 1.82) is 0 Å². The molecule has 1 aromatic rings. The van der Waals surface area contributed by atoms with Crippen molar-refractivity contribution in [2.45, 2.75) is 38.2 Å². The third kappa shape index (κ3) is 3.16. The summed E-state index contributed by atoms with van der Waals surface area (Å²) in [4.78, 5) is 11.0. The molecule has 0 fully saturated rings. The molecule has 1 unspecified atom stereocenters. The average molecular weight is 254 g/mol. The van der Waals surface area contributed by atoms with Crippen molar-refractivity contribution in [3.05, 3.63) is 34.9 Å². The number of carboxylic acid groups (broad SMARTS) is 1. The zero-order valence-electron chi connectivity index (χ0n) is 10.6. The van der Waals surface area contributed by atoms with E-state index >= 15 is 0 Å². The maximum Gasteiger partial charge on any atom is 0.321 e. The second-order valence-corrected chi connectivity index (χ2v) is 6.74. The van der Waals surface area contributed by atoms with Crippen molar-refractivity contribution in [1.82, 2.24) is 0 Å². The summed E-state index contributed by atoms with van der Waals surface area (Å²) < 4.78 is 10.9. The molecule has 17 heavy (non-hydrogen) atoms. The van der Waals surface area contributed by atoms with Crippen LogP contribution in [0.15, 0.2) is 18.2 Å². The number of benzene rings is 1. The zero-order chi connectivity index (χ0) is 13.2. The molecule has 94 valence electrons. The highest BCUT2D eigenvalue weighted by atomic mass is 32.2. The van der Waals surface area contributed by atoms with Gasteiger partial charge in [0.25, 0.3) is 0 Å². The van der Waals surface area contributed by atoms with E-state index in [4.69, 9.17) is 5.11 Å². The van der Waals surface area contributed by atoms with E-state index in [1.807, 2.05) is 32.0 Å². The maximum atomic E-state index is 12.1. The van der Waals surface area contributed by atoms with Crippen molar-refractivity contribution in [2.75, 3.05) is 0 Å². The van der Waals surface area contributed by atoms with Crippen LogP contribution >= 0.6 is 0 Å². The number of hydrogen-bond donors (Lipinski definition) is 1. The summed E-state index contributed by atoms with van der Waals surface area (Å²) in [6, 6.07) is 5.92. The Morgan fingerprint density at radius 3 is 2.47 bits per heavy atom. The van der Waals surface area contributed by atoms with E-state index in [1.165, 1.54) is 13.8 Å². The molecule has 0 radical (unpaired) electrons. The van der Waals surface area contributed by atoms with E-state index in [0.717, 1.165) is 16.7 Å². The first-order valence-electron chi connectivity index (χ1n) is 5.43. The Labute approximate surface area is 104 Å². The minimum atomic E-state index is -1.43. The van der Waals surface area contributed by atoms with Gasteiger partial charge in [0.2, 0.25) is 0 Å².